The Hall–Kier alpha value is -1.85. The molecule has 1 aliphatic carbocycles. The molecule has 1 aliphatic rings. The third-order valence-corrected chi connectivity index (χ3v) is 6.01. The van der Waals surface area contributed by atoms with Gasteiger partial charge in [0.15, 0.2) is 0 Å². The molecule has 0 unspecified atom stereocenters. The van der Waals surface area contributed by atoms with Crippen molar-refractivity contribution in [3.05, 3.63) is 54.3 Å². The van der Waals surface area contributed by atoms with Crippen LogP contribution in [0.2, 0.25) is 25.7 Å². The van der Waals surface area contributed by atoms with E-state index in [0.717, 1.165) is 24.1 Å². The molecule has 25 heavy (non-hydrogen) atoms. The van der Waals surface area contributed by atoms with E-state index in [1.54, 1.807) is 12.5 Å². The Labute approximate surface area is 151 Å². The lowest BCUT2D eigenvalue weighted by atomic mass is 10.1. The molecule has 0 saturated heterocycles. The molecule has 1 fully saturated rings. The van der Waals surface area contributed by atoms with Gasteiger partial charge in [-0.3, -0.25) is 0 Å². The summed E-state index contributed by atoms with van der Waals surface area (Å²) >= 11 is 0. The van der Waals surface area contributed by atoms with Crippen LogP contribution in [0.5, 0.6) is 5.75 Å². The normalized spacial score (nSPS) is 15.0. The highest BCUT2D eigenvalue weighted by Crippen LogP contribution is 2.40. The average molecular weight is 357 g/mol. The smallest absolute Gasteiger partial charge is 0.137 e. The topological polar surface area (TPSA) is 36.3 Å². The van der Waals surface area contributed by atoms with Crippen LogP contribution in [0.4, 0.5) is 0 Å². The fourth-order valence-corrected chi connectivity index (χ4v) is 3.32. The molecule has 1 aromatic carbocycles. The van der Waals surface area contributed by atoms with E-state index < -0.39 is 8.07 Å². The quantitative estimate of drug-likeness (QED) is 0.355. The van der Waals surface area contributed by atoms with Crippen LogP contribution in [0.15, 0.2) is 42.9 Å². The Kier molecular flexibility index (Phi) is 5.76. The summed E-state index contributed by atoms with van der Waals surface area (Å²) in [6.45, 7) is 8.41. The molecule has 0 aliphatic heterocycles. The van der Waals surface area contributed by atoms with Gasteiger partial charge < -0.3 is 14.0 Å². The van der Waals surface area contributed by atoms with E-state index in [1.165, 1.54) is 24.4 Å². The molecule has 134 valence electrons. The predicted molar refractivity (Wildman–Crippen MR) is 104 cm³/mol. The number of nitrogens with zero attached hydrogens (tertiary/aromatic N) is 2. The first-order valence-electron chi connectivity index (χ1n) is 9.03. The molecule has 3 rings (SSSR count). The second-order valence-corrected chi connectivity index (χ2v) is 13.5. The number of benzene rings is 1. The SMILES string of the molecule is C[Si](C)(C)CCOCn1ccnc1C=COc1cccc(C2CC2)c1. The molecule has 1 heterocycles. The maximum absolute atomic E-state index is 5.79. The van der Waals surface area contributed by atoms with Crippen LogP contribution in [0.25, 0.3) is 6.08 Å². The molecular weight excluding hydrogens is 328 g/mol. The Morgan fingerprint density at radius 2 is 2.12 bits per heavy atom. The molecule has 0 radical (unpaired) electrons. The van der Waals surface area contributed by atoms with Crippen molar-refractivity contribution in [2.75, 3.05) is 6.61 Å². The largest absolute Gasteiger partial charge is 0.465 e. The molecule has 0 N–H and O–H groups in total. The maximum Gasteiger partial charge on any atom is 0.137 e. The van der Waals surface area contributed by atoms with E-state index in [0.29, 0.717) is 6.73 Å². The third-order valence-electron chi connectivity index (χ3n) is 4.30. The number of rotatable bonds is 9. The van der Waals surface area contributed by atoms with E-state index >= 15 is 0 Å². The Balaban J connectivity index is 1.50. The van der Waals surface area contributed by atoms with Crippen molar-refractivity contribution in [2.45, 2.75) is 51.2 Å². The highest BCUT2D eigenvalue weighted by Gasteiger charge is 2.23. The summed E-state index contributed by atoms with van der Waals surface area (Å²) < 4.78 is 13.5. The zero-order valence-electron chi connectivity index (χ0n) is 15.4. The van der Waals surface area contributed by atoms with Gasteiger partial charge >= 0.3 is 0 Å². The number of hydrogen-bond donors (Lipinski definition) is 0. The van der Waals surface area contributed by atoms with Crippen molar-refractivity contribution in [3.8, 4) is 5.75 Å². The highest BCUT2D eigenvalue weighted by atomic mass is 28.3. The molecule has 1 saturated carbocycles. The molecule has 0 amide bonds. The van der Waals surface area contributed by atoms with Gasteiger partial charge in [-0.05, 0) is 42.5 Å². The van der Waals surface area contributed by atoms with Crippen LogP contribution in [-0.2, 0) is 11.5 Å². The van der Waals surface area contributed by atoms with Gasteiger partial charge in [0.2, 0.25) is 0 Å². The second kappa shape index (κ2) is 8.02. The van der Waals surface area contributed by atoms with Crippen LogP contribution in [0.3, 0.4) is 0 Å². The van der Waals surface area contributed by atoms with Gasteiger partial charge in [0, 0.05) is 33.2 Å². The first-order valence-corrected chi connectivity index (χ1v) is 12.7. The molecule has 0 bridgehead atoms. The first kappa shape index (κ1) is 18.0. The van der Waals surface area contributed by atoms with E-state index in [-0.39, 0.29) is 0 Å². The lowest BCUT2D eigenvalue weighted by molar-refractivity contribution is 0.0867. The van der Waals surface area contributed by atoms with E-state index in [1.807, 2.05) is 22.9 Å². The number of ether oxygens (including phenoxy) is 2. The first-order chi connectivity index (χ1) is 12.0. The van der Waals surface area contributed by atoms with Crippen LogP contribution < -0.4 is 4.74 Å². The molecule has 2 aromatic rings. The van der Waals surface area contributed by atoms with Gasteiger partial charge in [-0.25, -0.2) is 4.98 Å². The van der Waals surface area contributed by atoms with Crippen molar-refractivity contribution in [2.24, 2.45) is 0 Å². The summed E-state index contributed by atoms with van der Waals surface area (Å²) in [5.74, 6) is 2.45. The molecule has 0 atom stereocenters. The van der Waals surface area contributed by atoms with Gasteiger partial charge in [-0.15, -0.1) is 0 Å². The minimum atomic E-state index is -1.04. The Morgan fingerprint density at radius 3 is 2.88 bits per heavy atom. The lowest BCUT2D eigenvalue weighted by Gasteiger charge is -2.15. The fourth-order valence-electron chi connectivity index (χ4n) is 2.56. The monoisotopic (exact) mass is 356 g/mol. The Bertz CT molecular complexity index is 714. The van der Waals surface area contributed by atoms with Gasteiger partial charge in [-0.2, -0.15) is 0 Å². The van der Waals surface area contributed by atoms with Crippen molar-refractivity contribution in [3.63, 3.8) is 0 Å². The molecule has 0 spiro atoms. The van der Waals surface area contributed by atoms with Gasteiger partial charge in [0.25, 0.3) is 0 Å². The zero-order chi connectivity index (χ0) is 17.7. The van der Waals surface area contributed by atoms with Crippen LogP contribution in [-0.4, -0.2) is 24.2 Å². The van der Waals surface area contributed by atoms with Crippen LogP contribution in [0, 0.1) is 0 Å². The standard InChI is InChI=1S/C20H28N2O2Si/c1-25(2,3)14-13-23-16-22-11-10-21-20(22)9-12-24-19-6-4-5-18(15-19)17-7-8-17/h4-6,9-12,15,17H,7-8,13-14,16H2,1-3H3. The summed E-state index contributed by atoms with van der Waals surface area (Å²) in [6.07, 6.45) is 9.90. The van der Waals surface area contributed by atoms with Crippen molar-refractivity contribution >= 4 is 14.1 Å². The van der Waals surface area contributed by atoms with Crippen molar-refractivity contribution in [1.29, 1.82) is 0 Å². The summed E-state index contributed by atoms with van der Waals surface area (Å²) in [7, 11) is -1.04. The number of aromatic nitrogens is 2. The molecule has 5 heteroatoms. The van der Waals surface area contributed by atoms with E-state index in [9.17, 15) is 0 Å². The van der Waals surface area contributed by atoms with Gasteiger partial charge in [0.05, 0.1) is 6.26 Å². The maximum atomic E-state index is 5.79. The minimum Gasteiger partial charge on any atom is -0.465 e. The zero-order valence-corrected chi connectivity index (χ0v) is 16.4. The third kappa shape index (κ3) is 5.87. The summed E-state index contributed by atoms with van der Waals surface area (Å²) in [5, 5.41) is 0. The van der Waals surface area contributed by atoms with Crippen LogP contribution >= 0.6 is 0 Å². The predicted octanol–water partition coefficient (Wildman–Crippen LogP) is 5.12. The number of hydrogen-bond acceptors (Lipinski definition) is 3. The van der Waals surface area contributed by atoms with Gasteiger partial charge in [0.1, 0.15) is 18.3 Å². The molecular formula is C20H28N2O2Si. The Morgan fingerprint density at radius 1 is 1.28 bits per heavy atom. The molecule has 1 aromatic heterocycles. The van der Waals surface area contributed by atoms with E-state index in [4.69, 9.17) is 9.47 Å². The average Bonchev–Trinajstić information content (AvgIpc) is 3.32. The van der Waals surface area contributed by atoms with Crippen molar-refractivity contribution in [1.82, 2.24) is 9.55 Å². The summed E-state index contributed by atoms with van der Waals surface area (Å²) in [6, 6.07) is 9.53. The van der Waals surface area contributed by atoms with Crippen LogP contribution in [0.1, 0.15) is 30.1 Å². The second-order valence-electron chi connectivity index (χ2n) is 7.87. The van der Waals surface area contributed by atoms with Crippen molar-refractivity contribution < 1.29 is 9.47 Å². The summed E-state index contributed by atoms with van der Waals surface area (Å²) in [5.41, 5.74) is 1.38. The molecule has 4 nitrogen and oxygen atoms in total. The summed E-state index contributed by atoms with van der Waals surface area (Å²) in [4.78, 5) is 4.36. The number of imidazole rings is 1. The van der Waals surface area contributed by atoms with Gasteiger partial charge in [-0.1, -0.05) is 31.8 Å². The minimum absolute atomic E-state index is 0.529. The highest BCUT2D eigenvalue weighted by molar-refractivity contribution is 6.76. The lowest BCUT2D eigenvalue weighted by Crippen LogP contribution is -2.22. The fraction of sp³-hybridized carbons (Fsp3) is 0.450. The van der Waals surface area contributed by atoms with E-state index in [2.05, 4.69) is 42.8 Å².